The van der Waals surface area contributed by atoms with E-state index in [1.165, 1.54) is 9.80 Å². The Kier molecular flexibility index (Phi) is 9.49. The van der Waals surface area contributed by atoms with Crippen LogP contribution in [-0.4, -0.2) is 76.2 Å². The van der Waals surface area contributed by atoms with E-state index in [2.05, 4.69) is 29.1 Å². The zero-order valence-electron chi connectivity index (χ0n) is 23.2. The topological polar surface area (TPSA) is 96.4 Å². The van der Waals surface area contributed by atoms with Crippen molar-refractivity contribution in [2.75, 3.05) is 24.7 Å². The fourth-order valence-electron chi connectivity index (χ4n) is 6.70. The molecule has 1 spiro atoms. The number of likely N-dealkylation sites (tertiary alicyclic amines) is 1. The van der Waals surface area contributed by atoms with Crippen LogP contribution >= 0.6 is 27.5 Å². The Labute approximate surface area is 249 Å². The van der Waals surface area contributed by atoms with Crippen LogP contribution < -0.4 is 4.90 Å². The summed E-state index contributed by atoms with van der Waals surface area (Å²) < 4.78 is 12.1. The van der Waals surface area contributed by atoms with Crippen LogP contribution in [0.3, 0.4) is 0 Å². The van der Waals surface area contributed by atoms with Crippen LogP contribution in [0.1, 0.15) is 38.7 Å². The molecule has 3 aliphatic rings. The number of nitrogens with zero attached hydrogens (tertiary/aromatic N) is 2. The molecule has 2 bridgehead atoms. The normalized spacial score (nSPS) is 29.4. The van der Waals surface area contributed by atoms with Gasteiger partial charge in [-0.1, -0.05) is 65.7 Å². The lowest BCUT2D eigenvalue weighted by molar-refractivity contribution is -0.155. The smallest absolute Gasteiger partial charge is 0.312 e. The number of halogens is 2. The van der Waals surface area contributed by atoms with Gasteiger partial charge >= 0.3 is 5.97 Å². The van der Waals surface area contributed by atoms with Crippen LogP contribution in [0.15, 0.2) is 43.5 Å². The van der Waals surface area contributed by atoms with Crippen molar-refractivity contribution in [2.24, 2.45) is 17.8 Å². The van der Waals surface area contributed by atoms with E-state index >= 15 is 0 Å². The molecule has 218 valence electrons. The fraction of sp³-hybridized carbons (Fsp3) is 0.567. The van der Waals surface area contributed by atoms with Crippen molar-refractivity contribution in [3.63, 3.8) is 0 Å². The Hall–Kier alpha value is -2.20. The monoisotopic (exact) mass is 636 g/mol. The van der Waals surface area contributed by atoms with Crippen LogP contribution in [0.2, 0.25) is 5.02 Å². The van der Waals surface area contributed by atoms with Gasteiger partial charge in [0.2, 0.25) is 5.91 Å². The minimum atomic E-state index is -1.28. The number of aliphatic hydroxyl groups excluding tert-OH is 1. The Balaban J connectivity index is 1.85. The van der Waals surface area contributed by atoms with Gasteiger partial charge in [0, 0.05) is 11.4 Å². The average Bonchev–Trinajstić information content (AvgIpc) is 3.49. The number of para-hydroxylation sites is 1. The number of alkyl halides is 1. The second kappa shape index (κ2) is 12.3. The Bertz CT molecular complexity index is 1160. The lowest BCUT2D eigenvalue weighted by Gasteiger charge is -2.40. The third-order valence-electron chi connectivity index (χ3n) is 8.18. The molecule has 3 heterocycles. The molecule has 3 unspecified atom stereocenters. The number of esters is 1. The highest BCUT2D eigenvalue weighted by Crippen LogP contribution is 2.61. The zero-order valence-corrected chi connectivity index (χ0v) is 25.6. The van der Waals surface area contributed by atoms with E-state index in [1.807, 2.05) is 32.9 Å². The van der Waals surface area contributed by atoms with Gasteiger partial charge in [-0.25, -0.2) is 0 Å². The molecule has 0 saturated carbocycles. The largest absolute Gasteiger partial charge is 0.465 e. The number of aryl methyl sites for hydroxylation is 1. The van der Waals surface area contributed by atoms with Crippen molar-refractivity contribution < 1.29 is 29.0 Å². The van der Waals surface area contributed by atoms with Gasteiger partial charge in [-0.05, 0) is 43.7 Å². The number of hydrogen-bond acceptors (Lipinski definition) is 6. The molecule has 0 aromatic heterocycles. The number of carbonyl (C=O) groups excluding carboxylic acids is 3. The number of aliphatic hydroxyl groups is 1. The maximum Gasteiger partial charge on any atom is 0.312 e. The van der Waals surface area contributed by atoms with Crippen LogP contribution in [0, 0.1) is 24.7 Å². The Morgan fingerprint density at radius 3 is 2.67 bits per heavy atom. The molecule has 2 amide bonds. The molecule has 1 N–H and O–H groups in total. The van der Waals surface area contributed by atoms with Crippen molar-refractivity contribution in [2.45, 2.75) is 68.6 Å². The van der Waals surface area contributed by atoms with Crippen molar-refractivity contribution in [3.8, 4) is 0 Å². The number of rotatable bonds is 12. The number of fused-ring (bicyclic) bond motifs is 1. The van der Waals surface area contributed by atoms with Crippen molar-refractivity contribution >= 4 is 51.0 Å². The molecule has 1 aromatic rings. The molecular weight excluding hydrogens is 600 g/mol. The minimum absolute atomic E-state index is 0.134. The van der Waals surface area contributed by atoms with Crippen molar-refractivity contribution in [3.05, 3.63) is 54.1 Å². The molecule has 8 nitrogen and oxygen atoms in total. The van der Waals surface area contributed by atoms with Crippen LogP contribution in [0.5, 0.6) is 0 Å². The van der Waals surface area contributed by atoms with Gasteiger partial charge in [-0.3, -0.25) is 14.4 Å². The average molecular weight is 638 g/mol. The first-order chi connectivity index (χ1) is 19.0. The first-order valence-corrected chi connectivity index (χ1v) is 15.0. The SMILES string of the molecule is C=CCCOC(=O)[C@H]1[C@@H]2OC3(CC2Br)C(C(=O)N(CC=C)c2c(C)cccc2Cl)N([C@@H](CO)CC(C)C)C(=O)[C@H]13. The van der Waals surface area contributed by atoms with Gasteiger partial charge in [-0.15, -0.1) is 13.2 Å². The summed E-state index contributed by atoms with van der Waals surface area (Å²) in [5, 5.41) is 10.9. The predicted molar refractivity (Wildman–Crippen MR) is 157 cm³/mol. The van der Waals surface area contributed by atoms with E-state index in [4.69, 9.17) is 21.1 Å². The van der Waals surface area contributed by atoms with E-state index in [-0.39, 0.29) is 36.4 Å². The van der Waals surface area contributed by atoms with Crippen molar-refractivity contribution in [1.29, 1.82) is 0 Å². The number of carbonyl (C=O) groups is 3. The lowest BCUT2D eigenvalue weighted by atomic mass is 9.70. The summed E-state index contributed by atoms with van der Waals surface area (Å²) in [6, 6.07) is 3.64. The maximum atomic E-state index is 14.7. The first kappa shape index (κ1) is 30.8. The number of anilines is 1. The van der Waals surface area contributed by atoms with Gasteiger partial charge in [0.25, 0.3) is 5.91 Å². The molecule has 1 aromatic carbocycles. The Morgan fingerprint density at radius 1 is 1.35 bits per heavy atom. The molecule has 4 rings (SSSR count). The molecule has 3 saturated heterocycles. The van der Waals surface area contributed by atoms with Crippen LogP contribution in [0.25, 0.3) is 0 Å². The minimum Gasteiger partial charge on any atom is -0.465 e. The van der Waals surface area contributed by atoms with Crippen LogP contribution in [-0.2, 0) is 23.9 Å². The quantitative estimate of drug-likeness (QED) is 0.158. The number of benzene rings is 1. The van der Waals surface area contributed by atoms with Gasteiger partial charge < -0.3 is 24.4 Å². The maximum absolute atomic E-state index is 14.7. The highest BCUT2D eigenvalue weighted by molar-refractivity contribution is 9.09. The van der Waals surface area contributed by atoms with E-state index < -0.39 is 47.5 Å². The molecule has 3 fully saturated rings. The molecule has 7 atom stereocenters. The summed E-state index contributed by atoms with van der Waals surface area (Å²) >= 11 is 10.3. The standard InChI is InChI=1S/C30H38BrClN2O6/c1-6-8-13-39-29(38)22-23-27(36)34(19(16-35)14-17(3)4)26(30(23)15-20(31)25(22)40-30)28(37)33(12-7-2)24-18(5)10-9-11-21(24)32/h6-7,9-11,17,19-20,22-23,25-26,35H,1-2,8,12-16H2,3-5H3/t19-,20?,22-,23+,25-,26?,30?/m1/s1. The first-order valence-electron chi connectivity index (χ1n) is 13.7. The van der Waals surface area contributed by atoms with Gasteiger partial charge in [0.1, 0.15) is 11.6 Å². The van der Waals surface area contributed by atoms with Gasteiger partial charge in [-0.2, -0.15) is 0 Å². The van der Waals surface area contributed by atoms with Gasteiger partial charge in [0.15, 0.2) is 0 Å². The van der Waals surface area contributed by atoms with E-state index in [9.17, 15) is 19.5 Å². The Morgan fingerprint density at radius 2 is 2.08 bits per heavy atom. The molecule has 40 heavy (non-hydrogen) atoms. The third-order valence-corrected chi connectivity index (χ3v) is 9.33. The summed E-state index contributed by atoms with van der Waals surface area (Å²) in [6.45, 7) is 13.3. The molecular formula is C30H38BrClN2O6. The molecule has 3 aliphatic heterocycles. The summed E-state index contributed by atoms with van der Waals surface area (Å²) in [6.07, 6.45) is 3.92. The van der Waals surface area contributed by atoms with E-state index in [0.717, 1.165) is 5.56 Å². The summed E-state index contributed by atoms with van der Waals surface area (Å²) in [4.78, 5) is 45.2. The van der Waals surface area contributed by atoms with Crippen LogP contribution in [0.4, 0.5) is 5.69 Å². The number of ether oxygens (including phenoxy) is 2. The molecule has 10 heteroatoms. The fourth-order valence-corrected chi connectivity index (χ4v) is 7.97. The van der Waals surface area contributed by atoms with Gasteiger partial charge in [0.05, 0.1) is 47.9 Å². The van der Waals surface area contributed by atoms with E-state index in [0.29, 0.717) is 30.0 Å². The second-order valence-electron chi connectivity index (χ2n) is 11.3. The highest BCUT2D eigenvalue weighted by atomic mass is 79.9. The number of hydrogen-bond donors (Lipinski definition) is 1. The zero-order chi connectivity index (χ0) is 29.4. The summed E-state index contributed by atoms with van der Waals surface area (Å²) in [7, 11) is 0. The summed E-state index contributed by atoms with van der Waals surface area (Å²) in [5.74, 6) is -2.97. The highest BCUT2D eigenvalue weighted by Gasteiger charge is 2.77. The molecule has 0 radical (unpaired) electrons. The van der Waals surface area contributed by atoms with Crippen molar-refractivity contribution in [1.82, 2.24) is 4.90 Å². The lowest BCUT2D eigenvalue weighted by Crippen LogP contribution is -2.59. The second-order valence-corrected chi connectivity index (χ2v) is 12.8. The van der Waals surface area contributed by atoms with E-state index in [1.54, 1.807) is 18.2 Å². The predicted octanol–water partition coefficient (Wildman–Crippen LogP) is 4.44. The third kappa shape index (κ3) is 5.14. The summed E-state index contributed by atoms with van der Waals surface area (Å²) in [5.41, 5.74) is 0.0231. The number of amides is 2. The molecule has 0 aliphatic carbocycles.